The summed E-state index contributed by atoms with van der Waals surface area (Å²) in [6, 6.07) is 43.7. The van der Waals surface area contributed by atoms with Crippen LogP contribution in [0.1, 0.15) is 40.5 Å². The molecule has 5 aromatic carbocycles. The SMILES string of the molecule is COc1ccc(COC[C@H]2O[C@H](n3cc(C4=C(c5cn(COCC[Si](C)(C)C)c6ccccc56)C(=O)N(Cc5ccccc5)C4=O)c4ccccc43)C[C@H]3[C@@H]2OC(=O)N3Cc2ccccc2)cc1. The molecule has 348 valence electrons. The molecule has 0 N–H and O–H groups in total. The number of fused-ring (bicyclic) bond motifs is 3. The second kappa shape index (κ2) is 19.1. The molecule has 3 amide bonds. The van der Waals surface area contributed by atoms with Gasteiger partial charge in [0, 0.05) is 61.9 Å². The number of nitrogens with zero attached hydrogens (tertiary/aromatic N) is 4. The molecule has 4 atom stereocenters. The normalized spacial score (nSPS) is 19.7. The molecular formula is C55H56N4O8Si. The lowest BCUT2D eigenvalue weighted by molar-refractivity contribution is -0.168. The Kier molecular flexibility index (Phi) is 12.6. The van der Waals surface area contributed by atoms with Gasteiger partial charge in [0.15, 0.2) is 6.10 Å². The van der Waals surface area contributed by atoms with Crippen molar-refractivity contribution in [1.82, 2.24) is 18.9 Å². The number of aromatic nitrogens is 2. The first-order valence-electron chi connectivity index (χ1n) is 23.3. The van der Waals surface area contributed by atoms with Crippen LogP contribution in [0, 0.1) is 0 Å². The average molecular weight is 929 g/mol. The minimum atomic E-state index is -1.33. The van der Waals surface area contributed by atoms with E-state index in [2.05, 4.69) is 24.2 Å². The lowest BCUT2D eigenvalue weighted by Crippen LogP contribution is -2.50. The van der Waals surface area contributed by atoms with Crippen molar-refractivity contribution in [3.63, 3.8) is 0 Å². The molecule has 2 fully saturated rings. The van der Waals surface area contributed by atoms with Gasteiger partial charge in [0.1, 0.15) is 24.8 Å². The summed E-state index contributed by atoms with van der Waals surface area (Å²) in [5.41, 5.74) is 6.45. The van der Waals surface area contributed by atoms with Crippen LogP contribution in [0.5, 0.6) is 5.75 Å². The Labute approximate surface area is 397 Å². The zero-order valence-corrected chi connectivity index (χ0v) is 39.9. The van der Waals surface area contributed by atoms with Gasteiger partial charge in [-0.3, -0.25) is 19.4 Å². The van der Waals surface area contributed by atoms with Crippen molar-refractivity contribution >= 4 is 58.9 Å². The van der Waals surface area contributed by atoms with Crippen LogP contribution in [-0.4, -0.2) is 83.5 Å². The van der Waals surface area contributed by atoms with Crippen LogP contribution in [0.3, 0.4) is 0 Å². The molecule has 2 saturated heterocycles. The molecular weight excluding hydrogens is 873 g/mol. The van der Waals surface area contributed by atoms with Crippen molar-refractivity contribution in [1.29, 1.82) is 0 Å². The van der Waals surface area contributed by atoms with E-state index in [1.54, 1.807) is 12.0 Å². The molecule has 3 aliphatic heterocycles. The number of amides is 3. The zero-order chi connectivity index (χ0) is 46.9. The van der Waals surface area contributed by atoms with Gasteiger partial charge in [0.2, 0.25) is 0 Å². The quantitative estimate of drug-likeness (QED) is 0.0504. The number of methoxy groups -OCH3 is 1. The summed E-state index contributed by atoms with van der Waals surface area (Å²) in [4.78, 5) is 47.3. The molecule has 2 aromatic heterocycles. The van der Waals surface area contributed by atoms with Crippen molar-refractivity contribution in [2.24, 2.45) is 0 Å². The third kappa shape index (κ3) is 9.02. The molecule has 3 aliphatic rings. The van der Waals surface area contributed by atoms with Crippen molar-refractivity contribution in [2.75, 3.05) is 20.3 Å². The van der Waals surface area contributed by atoms with E-state index in [1.165, 1.54) is 4.90 Å². The summed E-state index contributed by atoms with van der Waals surface area (Å²) in [6.45, 7) is 8.88. The second-order valence-electron chi connectivity index (χ2n) is 19.0. The van der Waals surface area contributed by atoms with E-state index in [0.717, 1.165) is 50.3 Å². The zero-order valence-electron chi connectivity index (χ0n) is 38.9. The molecule has 7 aromatic rings. The first-order chi connectivity index (χ1) is 33.0. The first-order valence-corrected chi connectivity index (χ1v) is 27.0. The molecule has 0 spiro atoms. The minimum Gasteiger partial charge on any atom is -0.497 e. The third-order valence-corrected chi connectivity index (χ3v) is 15.0. The monoisotopic (exact) mass is 928 g/mol. The Morgan fingerprint density at radius 1 is 0.662 bits per heavy atom. The summed E-state index contributed by atoms with van der Waals surface area (Å²) in [7, 11) is 0.303. The van der Waals surface area contributed by atoms with Gasteiger partial charge in [-0.25, -0.2) is 4.79 Å². The van der Waals surface area contributed by atoms with Crippen molar-refractivity contribution in [2.45, 2.75) is 83.0 Å². The van der Waals surface area contributed by atoms with Crippen LogP contribution >= 0.6 is 0 Å². The van der Waals surface area contributed by atoms with Gasteiger partial charge in [0.05, 0.1) is 55.1 Å². The van der Waals surface area contributed by atoms with Crippen LogP contribution in [0.25, 0.3) is 33.0 Å². The fourth-order valence-electron chi connectivity index (χ4n) is 9.71. The van der Waals surface area contributed by atoms with E-state index in [9.17, 15) is 4.79 Å². The maximum absolute atomic E-state index is 15.2. The highest BCUT2D eigenvalue weighted by atomic mass is 28.3. The standard InChI is InChI=1S/C55H56N4O8Si/c1-63-40-25-23-39(24-26-40)34-65-35-48-52-47(58(55(62)67-52)30-37-15-7-5-8-16-37)29-49(66-48)57-33-44(42-20-12-14-22-46(42)57)51-50(53(60)59(54(51)61)31-38-17-9-6-10-18-38)43-32-56(36-64-27-28-68(2,3)4)45-21-13-11-19-41(43)45/h5-26,32-33,47-49,52H,27-31,34-36H2,1-4H3/t47-,48+,49-,52-/m0/s1. The van der Waals surface area contributed by atoms with E-state index < -0.39 is 32.6 Å². The number of carbonyl (C=O) groups is 3. The number of para-hydroxylation sites is 2. The van der Waals surface area contributed by atoms with Gasteiger partial charge in [0.25, 0.3) is 11.8 Å². The lowest BCUT2D eigenvalue weighted by atomic mass is 9.95. The van der Waals surface area contributed by atoms with Gasteiger partial charge in [-0.2, -0.15) is 0 Å². The van der Waals surface area contributed by atoms with Crippen LogP contribution in [0.4, 0.5) is 4.79 Å². The molecule has 0 saturated carbocycles. The lowest BCUT2D eigenvalue weighted by Gasteiger charge is -2.39. The number of hydrogen-bond donors (Lipinski definition) is 0. The molecule has 5 heterocycles. The Bertz CT molecular complexity index is 3000. The smallest absolute Gasteiger partial charge is 0.410 e. The Morgan fingerprint density at radius 2 is 1.26 bits per heavy atom. The maximum Gasteiger partial charge on any atom is 0.410 e. The van der Waals surface area contributed by atoms with E-state index >= 15 is 9.59 Å². The predicted molar refractivity (Wildman–Crippen MR) is 264 cm³/mol. The minimum absolute atomic E-state index is 0.112. The number of rotatable bonds is 17. The van der Waals surface area contributed by atoms with Crippen LogP contribution < -0.4 is 4.74 Å². The molecule has 12 nitrogen and oxygen atoms in total. The van der Waals surface area contributed by atoms with Gasteiger partial charge in [-0.05, 0) is 47.0 Å². The number of carbonyl (C=O) groups excluding carboxylic acids is 3. The summed E-state index contributed by atoms with van der Waals surface area (Å²) in [6.07, 6.45) is 2.09. The maximum atomic E-state index is 15.2. The highest BCUT2D eigenvalue weighted by molar-refractivity contribution is 6.76. The van der Waals surface area contributed by atoms with Crippen molar-refractivity contribution < 1.29 is 38.1 Å². The fraction of sp³-hybridized carbons (Fsp3) is 0.291. The van der Waals surface area contributed by atoms with E-state index in [1.807, 2.05) is 150 Å². The van der Waals surface area contributed by atoms with Gasteiger partial charge in [-0.15, -0.1) is 0 Å². The number of hydrogen-bond acceptors (Lipinski definition) is 8. The first kappa shape index (κ1) is 45.0. The van der Waals surface area contributed by atoms with E-state index in [-0.39, 0.29) is 31.0 Å². The predicted octanol–water partition coefficient (Wildman–Crippen LogP) is 10.3. The number of imide groups is 1. The largest absolute Gasteiger partial charge is 0.497 e. The molecule has 0 aliphatic carbocycles. The molecule has 0 unspecified atom stereocenters. The van der Waals surface area contributed by atoms with Crippen LogP contribution in [0.2, 0.25) is 25.7 Å². The summed E-state index contributed by atoms with van der Waals surface area (Å²) in [5, 5.41) is 1.64. The number of ether oxygens (including phenoxy) is 5. The molecule has 13 heteroatoms. The van der Waals surface area contributed by atoms with Crippen LogP contribution in [-0.2, 0) is 55.0 Å². The summed E-state index contributed by atoms with van der Waals surface area (Å²) in [5.74, 6) is 0.0141. The highest BCUT2D eigenvalue weighted by Crippen LogP contribution is 2.45. The third-order valence-electron chi connectivity index (χ3n) is 13.3. The van der Waals surface area contributed by atoms with Gasteiger partial charge in [-0.1, -0.05) is 129 Å². The Morgan fingerprint density at radius 3 is 1.93 bits per heavy atom. The molecule has 0 radical (unpaired) electrons. The van der Waals surface area contributed by atoms with Gasteiger partial charge < -0.3 is 32.8 Å². The van der Waals surface area contributed by atoms with Gasteiger partial charge >= 0.3 is 6.09 Å². The molecule has 10 rings (SSSR count). The number of benzene rings is 5. The van der Waals surface area contributed by atoms with Crippen LogP contribution in [0.15, 0.2) is 146 Å². The Hall–Kier alpha value is -6.77. The molecule has 0 bridgehead atoms. The van der Waals surface area contributed by atoms with Crippen molar-refractivity contribution in [3.8, 4) is 5.75 Å². The topological polar surface area (TPSA) is 114 Å². The second-order valence-corrected chi connectivity index (χ2v) is 24.7. The summed E-state index contributed by atoms with van der Waals surface area (Å²) < 4.78 is 35.2. The Balaban J connectivity index is 1.06. The van der Waals surface area contributed by atoms with E-state index in [4.69, 9.17) is 23.7 Å². The fourth-order valence-corrected chi connectivity index (χ4v) is 10.5. The highest BCUT2D eigenvalue weighted by Gasteiger charge is 2.52. The molecule has 68 heavy (non-hydrogen) atoms. The van der Waals surface area contributed by atoms with E-state index in [0.29, 0.717) is 55.2 Å². The van der Waals surface area contributed by atoms with Crippen molar-refractivity contribution in [3.05, 3.63) is 174 Å². The summed E-state index contributed by atoms with van der Waals surface area (Å²) >= 11 is 0. The average Bonchev–Trinajstić information content (AvgIpc) is 4.07.